The van der Waals surface area contributed by atoms with E-state index >= 15 is 0 Å². The van der Waals surface area contributed by atoms with Crippen LogP contribution in [0.15, 0.2) is 18.2 Å². The zero-order chi connectivity index (χ0) is 14.7. The molecule has 2 rings (SSSR count). The van der Waals surface area contributed by atoms with Crippen molar-refractivity contribution in [2.75, 3.05) is 0 Å². The quantitative estimate of drug-likeness (QED) is 0.666. The smallest absolute Gasteiger partial charge is 0.317 e. The summed E-state index contributed by atoms with van der Waals surface area (Å²) in [6.45, 7) is 0. The van der Waals surface area contributed by atoms with Crippen molar-refractivity contribution in [3.63, 3.8) is 0 Å². The second-order valence-electron chi connectivity index (χ2n) is 4.83. The minimum absolute atomic E-state index is 0.0332. The Morgan fingerprint density at radius 2 is 1.95 bits per heavy atom. The van der Waals surface area contributed by atoms with Crippen LogP contribution in [0.1, 0.15) is 25.7 Å². The lowest BCUT2D eigenvalue weighted by Gasteiger charge is -2.27. The number of hydrogen-bond acceptors (Lipinski definition) is 6. The number of rotatable bonds is 4. The van der Waals surface area contributed by atoms with Gasteiger partial charge in [0.2, 0.25) is 0 Å². The van der Waals surface area contributed by atoms with E-state index in [1.807, 2.05) is 0 Å². The molecule has 0 radical (unpaired) electrons. The molecule has 0 aliphatic heterocycles. The van der Waals surface area contributed by atoms with Crippen LogP contribution >= 0.6 is 0 Å². The monoisotopic (exact) mass is 281 g/mol. The fourth-order valence-electron chi connectivity index (χ4n) is 2.33. The van der Waals surface area contributed by atoms with Gasteiger partial charge in [-0.25, -0.2) is 0 Å². The van der Waals surface area contributed by atoms with E-state index in [4.69, 9.17) is 10.5 Å². The Balaban J connectivity index is 2.22. The molecule has 0 bridgehead atoms. The summed E-state index contributed by atoms with van der Waals surface area (Å²) in [5.74, 6) is 0.0553. The Morgan fingerprint density at radius 1 is 1.20 bits per heavy atom. The minimum Gasteiger partial charge on any atom is -0.483 e. The summed E-state index contributed by atoms with van der Waals surface area (Å²) >= 11 is 0. The first-order valence-electron chi connectivity index (χ1n) is 6.32. The Bertz CT molecular complexity index is 534. The highest BCUT2D eigenvalue weighted by Gasteiger charge is 2.26. The molecule has 8 nitrogen and oxygen atoms in total. The first-order chi connectivity index (χ1) is 9.47. The summed E-state index contributed by atoms with van der Waals surface area (Å²) in [6, 6.07) is 3.42. The lowest BCUT2D eigenvalue weighted by Crippen LogP contribution is -2.33. The van der Waals surface area contributed by atoms with Gasteiger partial charge < -0.3 is 10.5 Å². The van der Waals surface area contributed by atoms with E-state index in [1.165, 1.54) is 12.1 Å². The Labute approximate surface area is 114 Å². The van der Waals surface area contributed by atoms with E-state index in [0.717, 1.165) is 25.3 Å². The van der Waals surface area contributed by atoms with Crippen LogP contribution in [0.4, 0.5) is 11.4 Å². The molecule has 0 amide bonds. The second-order valence-corrected chi connectivity index (χ2v) is 4.83. The zero-order valence-corrected chi connectivity index (χ0v) is 10.7. The first-order valence-corrected chi connectivity index (χ1v) is 6.32. The highest BCUT2D eigenvalue weighted by atomic mass is 16.6. The van der Waals surface area contributed by atoms with Crippen molar-refractivity contribution in [2.45, 2.75) is 37.8 Å². The summed E-state index contributed by atoms with van der Waals surface area (Å²) in [5.41, 5.74) is 5.12. The maximum atomic E-state index is 11.0. The van der Waals surface area contributed by atoms with Crippen LogP contribution in [0, 0.1) is 20.2 Å². The van der Waals surface area contributed by atoms with Crippen molar-refractivity contribution in [2.24, 2.45) is 5.73 Å². The summed E-state index contributed by atoms with van der Waals surface area (Å²) in [5, 5.41) is 21.6. The topological polar surface area (TPSA) is 122 Å². The molecule has 2 unspecified atom stereocenters. The zero-order valence-electron chi connectivity index (χ0n) is 10.7. The van der Waals surface area contributed by atoms with Crippen LogP contribution < -0.4 is 10.5 Å². The van der Waals surface area contributed by atoms with Gasteiger partial charge in [-0.2, -0.15) is 0 Å². The third-order valence-corrected chi connectivity index (χ3v) is 3.31. The largest absolute Gasteiger partial charge is 0.483 e. The Morgan fingerprint density at radius 3 is 2.55 bits per heavy atom. The molecule has 2 N–H and O–H groups in total. The molecule has 1 fully saturated rings. The van der Waals surface area contributed by atoms with Crippen molar-refractivity contribution >= 4 is 11.4 Å². The van der Waals surface area contributed by atoms with Crippen LogP contribution in [-0.4, -0.2) is 22.0 Å². The predicted octanol–water partition coefficient (Wildman–Crippen LogP) is 2.15. The second kappa shape index (κ2) is 5.83. The third-order valence-electron chi connectivity index (χ3n) is 3.31. The molecule has 0 aromatic heterocycles. The van der Waals surface area contributed by atoms with Gasteiger partial charge in [0, 0.05) is 12.1 Å². The van der Waals surface area contributed by atoms with Crippen LogP contribution in [0.2, 0.25) is 0 Å². The van der Waals surface area contributed by atoms with Crippen molar-refractivity contribution < 1.29 is 14.6 Å². The lowest BCUT2D eigenvalue weighted by atomic mass is 9.93. The van der Waals surface area contributed by atoms with Gasteiger partial charge in [0.1, 0.15) is 6.10 Å². The molecule has 20 heavy (non-hydrogen) atoms. The van der Waals surface area contributed by atoms with Gasteiger partial charge in [-0.3, -0.25) is 20.2 Å². The van der Waals surface area contributed by atoms with E-state index in [-0.39, 0.29) is 23.6 Å². The number of non-ortho nitro benzene ring substituents is 1. The number of hydrogen-bond donors (Lipinski definition) is 1. The molecular weight excluding hydrogens is 266 g/mol. The lowest BCUT2D eigenvalue weighted by molar-refractivity contribution is -0.394. The van der Waals surface area contributed by atoms with Gasteiger partial charge >= 0.3 is 5.69 Å². The van der Waals surface area contributed by atoms with Gasteiger partial charge in [-0.05, 0) is 31.7 Å². The van der Waals surface area contributed by atoms with Crippen molar-refractivity contribution in [3.05, 3.63) is 38.4 Å². The highest BCUT2D eigenvalue weighted by molar-refractivity contribution is 5.53. The third kappa shape index (κ3) is 3.21. The van der Waals surface area contributed by atoms with E-state index in [9.17, 15) is 20.2 Å². The Hall–Kier alpha value is -2.22. The fraction of sp³-hybridized carbons (Fsp3) is 0.500. The fourth-order valence-corrected chi connectivity index (χ4v) is 2.33. The van der Waals surface area contributed by atoms with Crippen LogP contribution in [-0.2, 0) is 0 Å². The van der Waals surface area contributed by atoms with E-state index in [0.29, 0.717) is 6.42 Å². The predicted molar refractivity (Wildman–Crippen MR) is 70.6 cm³/mol. The van der Waals surface area contributed by atoms with Crippen molar-refractivity contribution in [1.29, 1.82) is 0 Å². The molecule has 0 heterocycles. The number of nitrogens with zero attached hydrogens (tertiary/aromatic N) is 2. The van der Waals surface area contributed by atoms with Crippen molar-refractivity contribution in [3.8, 4) is 5.75 Å². The molecule has 108 valence electrons. The van der Waals surface area contributed by atoms with Gasteiger partial charge in [0.15, 0.2) is 5.75 Å². The Kier molecular flexibility index (Phi) is 4.14. The van der Waals surface area contributed by atoms with E-state index in [2.05, 4.69) is 0 Å². The molecule has 8 heteroatoms. The van der Waals surface area contributed by atoms with E-state index < -0.39 is 15.5 Å². The van der Waals surface area contributed by atoms with Gasteiger partial charge in [-0.1, -0.05) is 0 Å². The molecule has 1 aromatic carbocycles. The SMILES string of the molecule is NC1CCCC(Oc2ccc([N+](=O)[O-])cc2[N+](=O)[O-])C1. The van der Waals surface area contributed by atoms with Gasteiger partial charge in [0.25, 0.3) is 5.69 Å². The standard InChI is InChI=1S/C12H15N3O5/c13-8-2-1-3-10(6-8)20-12-5-4-9(14(16)17)7-11(12)15(18)19/h4-5,7-8,10H,1-3,6,13H2. The number of nitrogens with two attached hydrogens (primary N) is 1. The number of nitro groups is 2. The summed E-state index contributed by atoms with van der Waals surface area (Å²) in [4.78, 5) is 20.3. The van der Waals surface area contributed by atoms with E-state index in [1.54, 1.807) is 0 Å². The molecule has 1 aliphatic carbocycles. The molecule has 1 aromatic rings. The van der Waals surface area contributed by atoms with Gasteiger partial charge in [0.05, 0.1) is 15.9 Å². The normalized spacial score (nSPS) is 22.2. The molecule has 2 atom stereocenters. The summed E-state index contributed by atoms with van der Waals surface area (Å²) in [7, 11) is 0. The number of benzene rings is 1. The molecule has 0 saturated heterocycles. The molecule has 1 saturated carbocycles. The van der Waals surface area contributed by atoms with Crippen LogP contribution in [0.3, 0.4) is 0 Å². The summed E-state index contributed by atoms with van der Waals surface area (Å²) < 4.78 is 5.61. The molecular formula is C12H15N3O5. The average molecular weight is 281 g/mol. The maximum absolute atomic E-state index is 11.0. The van der Waals surface area contributed by atoms with Crippen molar-refractivity contribution in [1.82, 2.24) is 0 Å². The first kappa shape index (κ1) is 14.2. The minimum atomic E-state index is -0.676. The maximum Gasteiger partial charge on any atom is 0.317 e. The molecule has 1 aliphatic rings. The number of ether oxygens (including phenoxy) is 1. The summed E-state index contributed by atoms with van der Waals surface area (Å²) in [6.07, 6.45) is 3.06. The number of nitro benzene ring substituents is 2. The van der Waals surface area contributed by atoms with Gasteiger partial charge in [-0.15, -0.1) is 0 Å². The highest BCUT2D eigenvalue weighted by Crippen LogP contribution is 2.33. The average Bonchev–Trinajstić information content (AvgIpc) is 2.38. The van der Waals surface area contributed by atoms with Crippen LogP contribution in [0.5, 0.6) is 5.75 Å². The van der Waals surface area contributed by atoms with Crippen LogP contribution in [0.25, 0.3) is 0 Å². The molecule has 0 spiro atoms.